The summed E-state index contributed by atoms with van der Waals surface area (Å²) < 4.78 is 88.8. The maximum Gasteiger partial charge on any atom is 0.431 e. The second kappa shape index (κ2) is 10.1. The van der Waals surface area contributed by atoms with Crippen LogP contribution in [-0.2, 0) is 18.9 Å². The van der Waals surface area contributed by atoms with Crippen molar-refractivity contribution in [3.8, 4) is 17.0 Å². The van der Waals surface area contributed by atoms with Gasteiger partial charge in [-0.3, -0.25) is 0 Å². The molecule has 3 rings (SSSR count). The van der Waals surface area contributed by atoms with Gasteiger partial charge in [0.1, 0.15) is 5.69 Å². The molecule has 3 aromatic rings. The highest BCUT2D eigenvalue weighted by molar-refractivity contribution is 5.79. The number of hydrogen-bond acceptors (Lipinski definition) is 2. The fourth-order valence-electron chi connectivity index (χ4n) is 4.21. The number of aromatic nitrogens is 1. The van der Waals surface area contributed by atoms with Gasteiger partial charge in [0.15, 0.2) is 0 Å². The molecule has 2 aromatic carbocycles. The van der Waals surface area contributed by atoms with Crippen LogP contribution in [0.15, 0.2) is 54.6 Å². The molecule has 10 heteroatoms. The third-order valence-corrected chi connectivity index (χ3v) is 5.62. The summed E-state index contributed by atoms with van der Waals surface area (Å²) >= 11 is 0. The van der Waals surface area contributed by atoms with Crippen LogP contribution in [-0.4, -0.2) is 29.2 Å². The Kier molecular flexibility index (Phi) is 7.72. The van der Waals surface area contributed by atoms with Gasteiger partial charge in [0.2, 0.25) is 5.88 Å². The first-order valence-corrected chi connectivity index (χ1v) is 11.4. The second-order valence-electron chi connectivity index (χ2n) is 10.1. The summed E-state index contributed by atoms with van der Waals surface area (Å²) in [5.74, 6) is -0.390. The molecular formula is C27H28F6N2O2. The molecule has 0 saturated heterocycles. The van der Waals surface area contributed by atoms with Crippen molar-refractivity contribution < 1.29 is 35.9 Å². The van der Waals surface area contributed by atoms with Crippen LogP contribution in [0.2, 0.25) is 0 Å². The van der Waals surface area contributed by atoms with E-state index in [1.165, 1.54) is 18.9 Å². The summed E-state index contributed by atoms with van der Waals surface area (Å²) in [7, 11) is 1.47. The van der Waals surface area contributed by atoms with Gasteiger partial charge in [-0.25, -0.2) is 4.79 Å². The summed E-state index contributed by atoms with van der Waals surface area (Å²) in [4.78, 5) is 14.2. The maximum atomic E-state index is 14.3. The Morgan fingerprint density at radius 1 is 0.892 bits per heavy atom. The molecule has 0 saturated carbocycles. The molecule has 0 aliphatic heterocycles. The van der Waals surface area contributed by atoms with Gasteiger partial charge in [0.05, 0.1) is 12.1 Å². The lowest BCUT2D eigenvalue weighted by atomic mass is 9.96. The third-order valence-electron chi connectivity index (χ3n) is 5.62. The summed E-state index contributed by atoms with van der Waals surface area (Å²) in [5.41, 5.74) is -2.10. The van der Waals surface area contributed by atoms with Crippen LogP contribution in [0.4, 0.5) is 31.1 Å². The first-order valence-electron chi connectivity index (χ1n) is 11.4. The Hall–Kier alpha value is -3.43. The molecular weight excluding hydrogens is 498 g/mol. The summed E-state index contributed by atoms with van der Waals surface area (Å²) in [6, 6.07) is 12.0. The van der Waals surface area contributed by atoms with E-state index in [0.717, 1.165) is 28.8 Å². The van der Waals surface area contributed by atoms with Crippen molar-refractivity contribution in [2.24, 2.45) is 5.41 Å². The fraction of sp³-hybridized carbons (Fsp3) is 0.370. The van der Waals surface area contributed by atoms with Crippen LogP contribution in [0.3, 0.4) is 0 Å². The van der Waals surface area contributed by atoms with Gasteiger partial charge in [0.25, 0.3) is 0 Å². The third kappa shape index (κ3) is 6.67. The molecule has 0 aliphatic rings. The van der Waals surface area contributed by atoms with Crippen molar-refractivity contribution >= 4 is 6.09 Å². The summed E-state index contributed by atoms with van der Waals surface area (Å²) in [6.07, 6.45) is -10.3. The van der Waals surface area contributed by atoms with Crippen LogP contribution < -0.4 is 4.74 Å². The van der Waals surface area contributed by atoms with E-state index >= 15 is 0 Å². The molecule has 0 atom stereocenters. The number of ether oxygens (including phenoxy) is 1. The Morgan fingerprint density at radius 2 is 1.46 bits per heavy atom. The lowest BCUT2D eigenvalue weighted by Crippen LogP contribution is -2.36. The van der Waals surface area contributed by atoms with Gasteiger partial charge in [-0.1, -0.05) is 63.2 Å². The molecule has 0 spiro atoms. The molecule has 4 nitrogen and oxygen atoms in total. The topological polar surface area (TPSA) is 34.5 Å². The van der Waals surface area contributed by atoms with Gasteiger partial charge < -0.3 is 14.2 Å². The number of rotatable bonds is 5. The van der Waals surface area contributed by atoms with E-state index in [9.17, 15) is 31.1 Å². The van der Waals surface area contributed by atoms with Gasteiger partial charge in [0, 0.05) is 19.2 Å². The molecule has 0 unspecified atom stereocenters. The molecule has 0 bridgehead atoms. The normalized spacial score (nSPS) is 12.5. The Morgan fingerprint density at radius 3 is 1.95 bits per heavy atom. The van der Waals surface area contributed by atoms with Crippen LogP contribution in [0.5, 0.6) is 5.88 Å². The van der Waals surface area contributed by atoms with E-state index in [-0.39, 0.29) is 41.1 Å². The molecule has 37 heavy (non-hydrogen) atoms. The van der Waals surface area contributed by atoms with E-state index in [1.54, 1.807) is 30.3 Å². The zero-order valence-corrected chi connectivity index (χ0v) is 21.1. The zero-order valence-electron chi connectivity index (χ0n) is 21.1. The second-order valence-corrected chi connectivity index (χ2v) is 10.1. The Balaban J connectivity index is 2.23. The van der Waals surface area contributed by atoms with Crippen LogP contribution in [0.1, 0.15) is 43.2 Å². The number of alkyl halides is 6. The highest BCUT2D eigenvalue weighted by Crippen LogP contribution is 2.45. The average Bonchev–Trinajstić information content (AvgIpc) is 3.03. The first-order chi connectivity index (χ1) is 17.0. The Bertz CT molecular complexity index is 1240. The molecule has 0 fully saturated rings. The summed E-state index contributed by atoms with van der Waals surface area (Å²) in [6.45, 7) is 6.85. The predicted octanol–water partition coefficient (Wildman–Crippen LogP) is 8.03. The monoisotopic (exact) mass is 526 g/mol. The number of amides is 1. The van der Waals surface area contributed by atoms with E-state index in [1.807, 2.05) is 20.8 Å². The minimum Gasteiger partial charge on any atom is -0.392 e. The largest absolute Gasteiger partial charge is 0.431 e. The minimum atomic E-state index is -4.83. The van der Waals surface area contributed by atoms with Crippen LogP contribution in [0, 0.1) is 12.3 Å². The highest BCUT2D eigenvalue weighted by Gasteiger charge is 2.41. The van der Waals surface area contributed by atoms with Gasteiger partial charge >= 0.3 is 18.4 Å². The van der Waals surface area contributed by atoms with Crippen molar-refractivity contribution in [2.75, 3.05) is 13.6 Å². The van der Waals surface area contributed by atoms with Gasteiger partial charge in [-0.2, -0.15) is 26.3 Å². The molecule has 1 amide bonds. The molecule has 200 valence electrons. The minimum absolute atomic E-state index is 0.0593. The van der Waals surface area contributed by atoms with Crippen molar-refractivity contribution in [1.82, 2.24) is 9.47 Å². The van der Waals surface area contributed by atoms with Crippen LogP contribution >= 0.6 is 0 Å². The molecule has 0 radical (unpaired) electrons. The number of carbonyl (C=O) groups is 1. The van der Waals surface area contributed by atoms with Gasteiger partial charge in [-0.15, -0.1) is 0 Å². The average molecular weight is 527 g/mol. The number of carbonyl (C=O) groups excluding carboxylic acids is 1. The van der Waals surface area contributed by atoms with E-state index in [4.69, 9.17) is 4.74 Å². The van der Waals surface area contributed by atoms with Gasteiger partial charge in [-0.05, 0) is 41.2 Å². The molecule has 0 N–H and O–H groups in total. The SMILES string of the molecule is Cc1c(-c2ccc(C(F)(F)F)cc2)c(OC(=O)N(C)CC(C)(C)C)n(Cc2ccccc2)c1C(F)(F)F. The maximum absolute atomic E-state index is 14.3. The number of nitrogens with zero attached hydrogens (tertiary/aromatic N) is 2. The molecule has 0 aliphatic carbocycles. The van der Waals surface area contributed by atoms with Crippen molar-refractivity contribution in [3.63, 3.8) is 0 Å². The fourth-order valence-corrected chi connectivity index (χ4v) is 4.21. The van der Waals surface area contributed by atoms with Crippen molar-refractivity contribution in [1.29, 1.82) is 0 Å². The number of halogens is 6. The van der Waals surface area contributed by atoms with Crippen molar-refractivity contribution in [2.45, 2.75) is 46.6 Å². The lowest BCUT2D eigenvalue weighted by molar-refractivity contribution is -0.144. The predicted molar refractivity (Wildman–Crippen MR) is 128 cm³/mol. The molecule has 1 heterocycles. The highest BCUT2D eigenvalue weighted by atomic mass is 19.4. The lowest BCUT2D eigenvalue weighted by Gasteiger charge is -2.26. The Labute approximate surface area is 211 Å². The van der Waals surface area contributed by atoms with Crippen LogP contribution in [0.25, 0.3) is 11.1 Å². The quantitative estimate of drug-likeness (QED) is 0.316. The smallest absolute Gasteiger partial charge is 0.392 e. The van der Waals surface area contributed by atoms with E-state index in [2.05, 4.69) is 0 Å². The van der Waals surface area contributed by atoms with E-state index < -0.39 is 29.7 Å². The number of hydrogen-bond donors (Lipinski definition) is 0. The first kappa shape index (κ1) is 28.1. The standard InChI is InChI=1S/C27H28F6N2O2/c1-17-21(19-11-13-20(14-12-19)26(28,29)30)23(37-24(36)34(5)16-25(2,3)4)35(22(17)27(31,32)33)15-18-9-7-6-8-10-18/h6-14H,15-16H2,1-5H3. The number of benzene rings is 2. The zero-order chi connectivity index (χ0) is 27.8. The van der Waals surface area contributed by atoms with E-state index in [0.29, 0.717) is 5.56 Å². The van der Waals surface area contributed by atoms with Crippen molar-refractivity contribution in [3.05, 3.63) is 77.0 Å². The molecule has 1 aromatic heterocycles. The summed E-state index contributed by atoms with van der Waals surface area (Å²) in [5, 5.41) is 0.